The van der Waals surface area contributed by atoms with Gasteiger partial charge in [0, 0.05) is 28.6 Å². The number of nitrogens with one attached hydrogen (secondary N) is 1. The van der Waals surface area contributed by atoms with Crippen molar-refractivity contribution >= 4 is 46.4 Å². The average Bonchev–Trinajstić information content (AvgIpc) is 3.05. The number of unbranched alkanes of at least 4 members (excludes halogenated alkanes) is 2. The Morgan fingerprint density at radius 1 is 0.862 bits per heavy atom. The van der Waals surface area contributed by atoms with E-state index in [1.54, 1.807) is 0 Å². The molecule has 1 heterocycles. The van der Waals surface area contributed by atoms with E-state index in [0.717, 1.165) is 42.7 Å². The molecule has 29 heavy (non-hydrogen) atoms. The fraction of sp³-hybridized carbons (Fsp3) is 0.545. The van der Waals surface area contributed by atoms with Crippen molar-refractivity contribution in [1.29, 1.82) is 0 Å². The first-order valence-corrected chi connectivity index (χ1v) is 12.3. The molecule has 0 saturated carbocycles. The van der Waals surface area contributed by atoms with Crippen LogP contribution in [0.3, 0.4) is 0 Å². The fourth-order valence-corrected chi connectivity index (χ4v) is 5.29. The van der Waals surface area contributed by atoms with Gasteiger partial charge in [-0.25, -0.2) is 0 Å². The summed E-state index contributed by atoms with van der Waals surface area (Å²) in [5.41, 5.74) is 1.15. The van der Waals surface area contributed by atoms with Crippen LogP contribution >= 0.6 is 23.5 Å². The summed E-state index contributed by atoms with van der Waals surface area (Å²) in [5, 5.41) is 2.44. The molecule has 0 saturated heterocycles. The van der Waals surface area contributed by atoms with Gasteiger partial charge in [0.15, 0.2) is 0 Å². The van der Waals surface area contributed by atoms with E-state index in [1.165, 1.54) is 15.3 Å². The first kappa shape index (κ1) is 23.7. The normalized spacial score (nSPS) is 11.0. The van der Waals surface area contributed by atoms with Gasteiger partial charge in [0.1, 0.15) is 0 Å². The van der Waals surface area contributed by atoms with Crippen LogP contribution in [0.2, 0.25) is 0 Å². The summed E-state index contributed by atoms with van der Waals surface area (Å²) in [6.07, 6.45) is 4.63. The Hall–Kier alpha value is -1.60. The number of benzene rings is 1. The number of ether oxygens (including phenoxy) is 2. The monoisotopic (exact) mass is 437 g/mol. The highest BCUT2D eigenvalue weighted by molar-refractivity contribution is 8.02. The maximum Gasteiger partial charge on any atom is 0.305 e. The fourth-order valence-electron chi connectivity index (χ4n) is 2.89. The summed E-state index contributed by atoms with van der Waals surface area (Å²) >= 11 is 3.66. The summed E-state index contributed by atoms with van der Waals surface area (Å²) < 4.78 is 9.95. The van der Waals surface area contributed by atoms with E-state index in [-0.39, 0.29) is 11.9 Å². The minimum atomic E-state index is -0.109. The van der Waals surface area contributed by atoms with Crippen LogP contribution in [0, 0.1) is 0 Å². The van der Waals surface area contributed by atoms with Crippen molar-refractivity contribution in [1.82, 2.24) is 4.98 Å². The van der Waals surface area contributed by atoms with Crippen LogP contribution in [-0.4, -0.2) is 41.6 Å². The first-order valence-electron chi connectivity index (χ1n) is 10.3. The number of aromatic nitrogens is 1. The highest BCUT2D eigenvalue weighted by atomic mass is 32.2. The zero-order valence-corrected chi connectivity index (χ0v) is 19.0. The lowest BCUT2D eigenvalue weighted by Crippen LogP contribution is -2.03. The molecule has 0 fully saturated rings. The molecule has 0 aliphatic carbocycles. The maximum absolute atomic E-state index is 11.4. The molecule has 1 aromatic heterocycles. The number of para-hydroxylation sites is 1. The molecule has 2 rings (SSSR count). The molecule has 1 N–H and O–H groups in total. The van der Waals surface area contributed by atoms with Gasteiger partial charge in [-0.2, -0.15) is 0 Å². The lowest BCUT2D eigenvalue weighted by molar-refractivity contribution is -0.144. The Morgan fingerprint density at radius 2 is 1.45 bits per heavy atom. The van der Waals surface area contributed by atoms with Crippen LogP contribution < -0.4 is 0 Å². The summed E-state index contributed by atoms with van der Waals surface area (Å²) in [5.74, 6) is 1.71. The first-order chi connectivity index (χ1) is 14.2. The zero-order valence-electron chi connectivity index (χ0n) is 17.3. The Morgan fingerprint density at radius 3 is 2.07 bits per heavy atom. The number of aromatic amines is 1. The third kappa shape index (κ3) is 8.34. The van der Waals surface area contributed by atoms with Crippen LogP contribution in [0.1, 0.15) is 52.4 Å². The van der Waals surface area contributed by atoms with Crippen molar-refractivity contribution in [3.05, 3.63) is 24.3 Å². The minimum Gasteiger partial charge on any atom is -0.466 e. The van der Waals surface area contributed by atoms with E-state index in [9.17, 15) is 9.59 Å². The molecule has 0 radical (unpaired) electrons. The van der Waals surface area contributed by atoms with E-state index in [0.29, 0.717) is 26.1 Å². The molecule has 1 aromatic carbocycles. The number of rotatable bonds is 14. The molecule has 0 bridgehead atoms. The largest absolute Gasteiger partial charge is 0.466 e. The van der Waals surface area contributed by atoms with E-state index in [2.05, 4.69) is 23.2 Å². The summed E-state index contributed by atoms with van der Waals surface area (Å²) in [6, 6.07) is 8.36. The van der Waals surface area contributed by atoms with Crippen LogP contribution in [0.5, 0.6) is 0 Å². The molecular weight excluding hydrogens is 406 g/mol. The number of hydrogen-bond donors (Lipinski definition) is 1. The lowest BCUT2D eigenvalue weighted by atomic mass is 10.2. The van der Waals surface area contributed by atoms with Crippen molar-refractivity contribution in [2.45, 2.75) is 62.3 Å². The van der Waals surface area contributed by atoms with Gasteiger partial charge in [-0.15, -0.1) is 23.5 Å². The molecule has 0 amide bonds. The summed E-state index contributed by atoms with van der Waals surface area (Å²) in [6.45, 7) is 4.56. The van der Waals surface area contributed by atoms with Crippen molar-refractivity contribution in [3.8, 4) is 0 Å². The molecule has 0 aliphatic heterocycles. The molecule has 2 aromatic rings. The molecule has 0 atom stereocenters. The molecule has 0 aliphatic rings. The number of thioether (sulfide) groups is 2. The third-order valence-corrected chi connectivity index (χ3v) is 6.70. The molecule has 160 valence electrons. The van der Waals surface area contributed by atoms with E-state index in [1.807, 2.05) is 43.4 Å². The van der Waals surface area contributed by atoms with Crippen LogP contribution in [-0.2, 0) is 19.1 Å². The maximum atomic E-state index is 11.4. The second-order valence-corrected chi connectivity index (χ2v) is 8.76. The van der Waals surface area contributed by atoms with Crippen molar-refractivity contribution in [2.75, 3.05) is 24.7 Å². The van der Waals surface area contributed by atoms with Crippen LogP contribution in [0.4, 0.5) is 0 Å². The molecule has 5 nitrogen and oxygen atoms in total. The Labute approximate surface area is 181 Å². The Kier molecular flexibility index (Phi) is 11.1. The Bertz CT molecular complexity index is 775. The van der Waals surface area contributed by atoms with E-state index < -0.39 is 0 Å². The number of hydrogen-bond acceptors (Lipinski definition) is 6. The standard InChI is InChI=1S/C22H31NO4S2/c1-3-26-19(24)13-7-9-15-28-21-17-11-5-6-12-18(17)23-22(21)29-16-10-8-14-20(25)27-4-2/h5-6,11-12,23H,3-4,7-10,13-16H2,1-2H3. The van der Waals surface area contributed by atoms with Gasteiger partial charge in [-0.3, -0.25) is 9.59 Å². The highest BCUT2D eigenvalue weighted by Crippen LogP contribution is 2.38. The van der Waals surface area contributed by atoms with Gasteiger partial charge < -0.3 is 14.5 Å². The highest BCUT2D eigenvalue weighted by Gasteiger charge is 2.12. The lowest BCUT2D eigenvalue weighted by Gasteiger charge is -2.06. The number of H-pyrrole nitrogens is 1. The number of carbonyl (C=O) groups is 2. The second kappa shape index (κ2) is 13.6. The molecule has 0 unspecified atom stereocenters. The number of carbonyl (C=O) groups excluding carboxylic acids is 2. The van der Waals surface area contributed by atoms with E-state index in [4.69, 9.17) is 9.47 Å². The van der Waals surface area contributed by atoms with Gasteiger partial charge in [-0.05, 0) is 57.1 Å². The number of fused-ring (bicyclic) bond motifs is 1. The van der Waals surface area contributed by atoms with Gasteiger partial charge >= 0.3 is 11.9 Å². The SMILES string of the molecule is CCOC(=O)CCCCSc1[nH]c2ccccc2c1SCCCCC(=O)OCC. The quantitative estimate of drug-likeness (QED) is 0.228. The number of esters is 2. The zero-order chi connectivity index (χ0) is 20.9. The van der Waals surface area contributed by atoms with E-state index >= 15 is 0 Å². The smallest absolute Gasteiger partial charge is 0.305 e. The van der Waals surface area contributed by atoms with Crippen molar-refractivity contribution in [2.24, 2.45) is 0 Å². The summed E-state index contributed by atoms with van der Waals surface area (Å²) in [7, 11) is 0. The topological polar surface area (TPSA) is 68.4 Å². The molecule has 0 spiro atoms. The average molecular weight is 438 g/mol. The molecular formula is C22H31NO4S2. The van der Waals surface area contributed by atoms with Gasteiger partial charge in [0.05, 0.1) is 18.2 Å². The predicted octanol–water partition coefficient (Wildman–Crippen LogP) is 5.82. The van der Waals surface area contributed by atoms with Crippen LogP contribution in [0.15, 0.2) is 34.2 Å². The predicted molar refractivity (Wildman–Crippen MR) is 121 cm³/mol. The van der Waals surface area contributed by atoms with Crippen molar-refractivity contribution < 1.29 is 19.1 Å². The molecule has 7 heteroatoms. The Balaban J connectivity index is 1.83. The second-order valence-electron chi connectivity index (χ2n) is 6.55. The van der Waals surface area contributed by atoms with Gasteiger partial charge in [-0.1, -0.05) is 18.2 Å². The van der Waals surface area contributed by atoms with Crippen molar-refractivity contribution in [3.63, 3.8) is 0 Å². The third-order valence-electron chi connectivity index (χ3n) is 4.28. The van der Waals surface area contributed by atoms with Crippen LogP contribution in [0.25, 0.3) is 10.9 Å². The van der Waals surface area contributed by atoms with Gasteiger partial charge in [0.25, 0.3) is 0 Å². The summed E-state index contributed by atoms with van der Waals surface area (Å²) in [4.78, 5) is 27.7. The van der Waals surface area contributed by atoms with Gasteiger partial charge in [0.2, 0.25) is 0 Å². The minimum absolute atomic E-state index is 0.108.